The van der Waals surface area contributed by atoms with E-state index < -0.39 is 17.9 Å². The van der Waals surface area contributed by atoms with Crippen molar-refractivity contribution < 1.29 is 22.3 Å². The van der Waals surface area contributed by atoms with E-state index in [1.807, 2.05) is 0 Å². The highest BCUT2D eigenvalue weighted by atomic mass is 19.4. The van der Waals surface area contributed by atoms with Crippen LogP contribution < -0.4 is 10.5 Å². The smallest absolute Gasteiger partial charge is 0.403 e. The molecule has 1 aromatic rings. The molecule has 0 saturated heterocycles. The molecule has 6 heteroatoms. The van der Waals surface area contributed by atoms with Crippen LogP contribution in [-0.2, 0) is 6.42 Å². The summed E-state index contributed by atoms with van der Waals surface area (Å²) in [6.07, 6.45) is -0.387. The zero-order valence-electron chi connectivity index (χ0n) is 11.8. The predicted octanol–water partition coefficient (Wildman–Crippen LogP) is 4.09. The number of nitrogens with two attached hydrogens (primary N) is 1. The summed E-state index contributed by atoms with van der Waals surface area (Å²) in [4.78, 5) is 0. The molecule has 0 amide bonds. The van der Waals surface area contributed by atoms with Crippen molar-refractivity contribution in [1.29, 1.82) is 0 Å². The van der Waals surface area contributed by atoms with Crippen molar-refractivity contribution in [2.45, 2.75) is 51.4 Å². The summed E-state index contributed by atoms with van der Waals surface area (Å²) in [5.74, 6) is -1.13. The Labute approximate surface area is 121 Å². The lowest BCUT2D eigenvalue weighted by atomic mass is 10.0. The second-order valence-corrected chi connectivity index (χ2v) is 5.67. The Morgan fingerprint density at radius 3 is 2.57 bits per heavy atom. The number of alkyl halides is 3. The molecule has 1 unspecified atom stereocenters. The normalized spacial score (nSPS) is 16.9. The van der Waals surface area contributed by atoms with Gasteiger partial charge in [-0.1, -0.05) is 6.07 Å². The van der Waals surface area contributed by atoms with E-state index >= 15 is 0 Å². The molecule has 2 nitrogen and oxygen atoms in total. The molecule has 0 radical (unpaired) electrons. The molecule has 0 aliphatic heterocycles. The molecule has 0 bridgehead atoms. The minimum Gasteiger partial charge on any atom is -0.403 e. The summed E-state index contributed by atoms with van der Waals surface area (Å²) in [6, 6.07) is 2.84. The summed E-state index contributed by atoms with van der Waals surface area (Å²) in [5.41, 5.74) is 6.76. The van der Waals surface area contributed by atoms with Crippen LogP contribution >= 0.6 is 0 Å². The molecule has 0 spiro atoms. The van der Waals surface area contributed by atoms with Gasteiger partial charge < -0.3 is 10.5 Å². The molecule has 1 aliphatic rings. The highest BCUT2D eigenvalue weighted by molar-refractivity contribution is 5.36. The van der Waals surface area contributed by atoms with E-state index in [2.05, 4.69) is 4.74 Å². The first-order valence-corrected chi connectivity index (χ1v) is 7.06. The Morgan fingerprint density at radius 2 is 2.00 bits per heavy atom. The van der Waals surface area contributed by atoms with Gasteiger partial charge in [0.1, 0.15) is 0 Å². The number of halogens is 4. The molecule has 1 aromatic carbocycles. The standard InChI is InChI=1S/C15H19F4NO/c1-9-7-10(3-2-4-12(20)11-5-6-11)8-13(14(9)16)21-15(17,18)19/h7-8,11-12H,2-6,20H2,1H3. The molecule has 2 N–H and O–H groups in total. The maximum atomic E-state index is 13.6. The van der Waals surface area contributed by atoms with Gasteiger partial charge in [-0.2, -0.15) is 0 Å². The van der Waals surface area contributed by atoms with E-state index in [0.29, 0.717) is 17.9 Å². The third-order valence-electron chi connectivity index (χ3n) is 3.74. The van der Waals surface area contributed by atoms with Gasteiger partial charge in [0.2, 0.25) is 0 Å². The summed E-state index contributed by atoms with van der Waals surface area (Å²) in [6.45, 7) is 1.43. The third kappa shape index (κ3) is 4.88. The van der Waals surface area contributed by atoms with Crippen LogP contribution in [0.25, 0.3) is 0 Å². The van der Waals surface area contributed by atoms with Crippen LogP contribution in [0, 0.1) is 18.7 Å². The van der Waals surface area contributed by atoms with Crippen molar-refractivity contribution in [3.63, 3.8) is 0 Å². The molecule has 21 heavy (non-hydrogen) atoms. The topological polar surface area (TPSA) is 35.2 Å². The molecular weight excluding hydrogens is 286 g/mol. The molecule has 1 saturated carbocycles. The first kappa shape index (κ1) is 16.1. The van der Waals surface area contributed by atoms with Crippen molar-refractivity contribution in [3.8, 4) is 5.75 Å². The van der Waals surface area contributed by atoms with Crippen LogP contribution in [0.4, 0.5) is 17.6 Å². The van der Waals surface area contributed by atoms with Crippen LogP contribution in [0.5, 0.6) is 5.75 Å². The Morgan fingerprint density at radius 1 is 1.33 bits per heavy atom. The zero-order valence-corrected chi connectivity index (χ0v) is 11.8. The molecule has 118 valence electrons. The Kier molecular flexibility index (Phi) is 4.76. The third-order valence-corrected chi connectivity index (χ3v) is 3.74. The number of ether oxygens (including phenoxy) is 1. The lowest BCUT2D eigenvalue weighted by molar-refractivity contribution is -0.275. The van der Waals surface area contributed by atoms with E-state index in [1.54, 1.807) is 6.07 Å². The Hall–Kier alpha value is -1.30. The predicted molar refractivity (Wildman–Crippen MR) is 71.5 cm³/mol. The first-order valence-electron chi connectivity index (χ1n) is 7.06. The minimum atomic E-state index is -4.89. The summed E-state index contributed by atoms with van der Waals surface area (Å²) in [7, 11) is 0. The lowest BCUT2D eigenvalue weighted by Gasteiger charge is -2.14. The lowest BCUT2D eigenvalue weighted by Crippen LogP contribution is -2.22. The second kappa shape index (κ2) is 6.22. The minimum absolute atomic E-state index is 0.151. The monoisotopic (exact) mass is 305 g/mol. The Bertz CT molecular complexity index is 497. The Balaban J connectivity index is 1.98. The fourth-order valence-corrected chi connectivity index (χ4v) is 2.45. The fraction of sp³-hybridized carbons (Fsp3) is 0.600. The zero-order chi connectivity index (χ0) is 15.6. The van der Waals surface area contributed by atoms with Gasteiger partial charge in [-0.3, -0.25) is 0 Å². The SMILES string of the molecule is Cc1cc(CCCC(N)C2CC2)cc(OC(F)(F)F)c1F. The molecule has 0 heterocycles. The van der Waals surface area contributed by atoms with Crippen molar-refractivity contribution in [1.82, 2.24) is 0 Å². The fourth-order valence-electron chi connectivity index (χ4n) is 2.45. The number of hydrogen-bond acceptors (Lipinski definition) is 2. The van der Waals surface area contributed by atoms with E-state index in [1.165, 1.54) is 19.8 Å². The quantitative estimate of drug-likeness (QED) is 0.803. The number of hydrogen-bond donors (Lipinski definition) is 1. The number of rotatable bonds is 6. The average molecular weight is 305 g/mol. The largest absolute Gasteiger partial charge is 0.573 e. The van der Waals surface area contributed by atoms with Gasteiger partial charge in [0, 0.05) is 6.04 Å². The maximum absolute atomic E-state index is 13.6. The summed E-state index contributed by atoms with van der Waals surface area (Å²) >= 11 is 0. The molecule has 2 rings (SSSR count). The highest BCUT2D eigenvalue weighted by Gasteiger charge is 2.33. The average Bonchev–Trinajstić information content (AvgIpc) is 3.17. The van der Waals surface area contributed by atoms with Gasteiger partial charge >= 0.3 is 6.36 Å². The number of aryl methyl sites for hydroxylation is 2. The molecule has 1 fully saturated rings. The highest BCUT2D eigenvalue weighted by Crippen LogP contribution is 2.34. The van der Waals surface area contributed by atoms with Gasteiger partial charge in [-0.15, -0.1) is 13.2 Å². The maximum Gasteiger partial charge on any atom is 0.573 e. The summed E-state index contributed by atoms with van der Waals surface area (Å²) in [5, 5.41) is 0. The summed E-state index contributed by atoms with van der Waals surface area (Å²) < 4.78 is 54.1. The number of benzene rings is 1. The van der Waals surface area contributed by atoms with Gasteiger partial charge in [0.15, 0.2) is 11.6 Å². The van der Waals surface area contributed by atoms with Crippen molar-refractivity contribution >= 4 is 0 Å². The van der Waals surface area contributed by atoms with Crippen molar-refractivity contribution in [2.75, 3.05) is 0 Å². The van der Waals surface area contributed by atoms with Crippen LogP contribution in [-0.4, -0.2) is 12.4 Å². The van der Waals surface area contributed by atoms with Crippen LogP contribution in [0.3, 0.4) is 0 Å². The van der Waals surface area contributed by atoms with Gasteiger partial charge in [0.05, 0.1) is 0 Å². The van der Waals surface area contributed by atoms with E-state index in [4.69, 9.17) is 5.73 Å². The second-order valence-electron chi connectivity index (χ2n) is 5.67. The molecule has 1 atom stereocenters. The van der Waals surface area contributed by atoms with Crippen LogP contribution in [0.1, 0.15) is 36.8 Å². The van der Waals surface area contributed by atoms with Gasteiger partial charge in [0.25, 0.3) is 0 Å². The molecule has 0 aromatic heterocycles. The van der Waals surface area contributed by atoms with E-state index in [-0.39, 0.29) is 11.6 Å². The van der Waals surface area contributed by atoms with Gasteiger partial charge in [-0.25, -0.2) is 4.39 Å². The molecule has 1 aliphatic carbocycles. The first-order chi connectivity index (χ1) is 9.76. The van der Waals surface area contributed by atoms with Crippen molar-refractivity contribution in [2.24, 2.45) is 11.7 Å². The van der Waals surface area contributed by atoms with Crippen molar-refractivity contribution in [3.05, 3.63) is 29.1 Å². The van der Waals surface area contributed by atoms with Crippen LogP contribution in [0.2, 0.25) is 0 Å². The van der Waals surface area contributed by atoms with Crippen LogP contribution in [0.15, 0.2) is 12.1 Å². The van der Waals surface area contributed by atoms with E-state index in [0.717, 1.165) is 18.9 Å². The van der Waals surface area contributed by atoms with E-state index in [9.17, 15) is 17.6 Å². The molecular formula is C15H19F4NO. The van der Waals surface area contributed by atoms with Gasteiger partial charge in [-0.05, 0) is 62.1 Å².